The summed E-state index contributed by atoms with van der Waals surface area (Å²) in [5.41, 5.74) is -0.0639. The minimum atomic E-state index is -1.40. The van der Waals surface area contributed by atoms with E-state index in [0.29, 0.717) is 4.90 Å². The maximum atomic E-state index is 11.8. The van der Waals surface area contributed by atoms with Crippen LogP contribution in [0.5, 0.6) is 0 Å². The predicted molar refractivity (Wildman–Crippen MR) is 50.3 cm³/mol. The average Bonchev–Trinajstić information content (AvgIpc) is 2.18. The zero-order chi connectivity index (χ0) is 10.6. The Labute approximate surface area is 82.4 Å². The number of benzene rings is 1. The number of halogens is 1. The van der Waals surface area contributed by atoms with Crippen LogP contribution in [-0.4, -0.2) is 21.6 Å². The third-order valence-corrected chi connectivity index (χ3v) is 2.90. The zero-order valence-corrected chi connectivity index (χ0v) is 8.00. The number of hydrogen-bond acceptors (Lipinski definition) is 3. The first-order valence-corrected chi connectivity index (χ1v) is 5.16. The van der Waals surface area contributed by atoms with Crippen LogP contribution < -0.4 is 0 Å². The van der Waals surface area contributed by atoms with Crippen LogP contribution >= 0.6 is 0 Å². The van der Waals surface area contributed by atoms with Crippen molar-refractivity contribution in [1.29, 1.82) is 0 Å². The largest absolute Gasteiger partial charge is 0.269 e. The van der Waals surface area contributed by atoms with E-state index < -0.39 is 22.4 Å². The van der Waals surface area contributed by atoms with E-state index in [4.69, 9.17) is 0 Å². The zero-order valence-electron chi connectivity index (χ0n) is 7.18. The lowest BCUT2D eigenvalue weighted by Crippen LogP contribution is -1.99. The number of rotatable bonds is 4. The van der Waals surface area contributed by atoms with Gasteiger partial charge in [-0.2, -0.15) is 0 Å². The number of nitro groups is 1. The van der Waals surface area contributed by atoms with Crippen molar-refractivity contribution in [3.8, 4) is 0 Å². The normalized spacial score (nSPS) is 12.4. The Hall–Kier alpha value is -1.30. The van der Waals surface area contributed by atoms with Crippen LogP contribution in [0, 0.1) is 10.1 Å². The second-order valence-electron chi connectivity index (χ2n) is 2.49. The van der Waals surface area contributed by atoms with E-state index in [1.165, 1.54) is 24.3 Å². The molecule has 0 aromatic heterocycles. The summed E-state index contributed by atoms with van der Waals surface area (Å²) in [6.45, 7) is -0.663. The first-order chi connectivity index (χ1) is 6.65. The van der Waals surface area contributed by atoms with E-state index in [-0.39, 0.29) is 11.4 Å². The number of hydrogen-bond donors (Lipinski definition) is 0. The molecule has 0 unspecified atom stereocenters. The van der Waals surface area contributed by atoms with Crippen molar-refractivity contribution in [2.45, 2.75) is 4.90 Å². The molecule has 0 saturated carbocycles. The lowest BCUT2D eigenvalue weighted by Gasteiger charge is -1.98. The van der Waals surface area contributed by atoms with Crippen molar-refractivity contribution in [3.05, 3.63) is 34.4 Å². The second kappa shape index (κ2) is 4.80. The van der Waals surface area contributed by atoms with Gasteiger partial charge in [-0.3, -0.25) is 18.7 Å². The molecule has 0 radical (unpaired) electrons. The highest BCUT2D eigenvalue weighted by Crippen LogP contribution is 2.14. The molecule has 0 fully saturated rings. The Bertz CT molecular complexity index is 352. The monoisotopic (exact) mass is 217 g/mol. The molecule has 1 rings (SSSR count). The number of non-ortho nitro benzene ring substituents is 1. The van der Waals surface area contributed by atoms with Gasteiger partial charge in [0.15, 0.2) is 0 Å². The van der Waals surface area contributed by atoms with Crippen molar-refractivity contribution in [3.63, 3.8) is 0 Å². The minimum Gasteiger partial charge on any atom is -0.258 e. The van der Waals surface area contributed by atoms with Crippen molar-refractivity contribution in [2.24, 2.45) is 0 Å². The highest BCUT2D eigenvalue weighted by Gasteiger charge is 2.07. The van der Waals surface area contributed by atoms with Gasteiger partial charge in [-0.05, 0) is 12.1 Å². The van der Waals surface area contributed by atoms with E-state index in [1.807, 2.05) is 0 Å². The average molecular weight is 217 g/mol. The van der Waals surface area contributed by atoms with E-state index in [1.54, 1.807) is 0 Å². The molecule has 0 N–H and O–H groups in total. The standard InChI is InChI=1S/C8H8FNO3S/c9-5-6-14(13)8-3-1-7(2-4-8)10(11)12/h1-4H,5-6H2/t14-/m1/s1. The topological polar surface area (TPSA) is 60.2 Å². The first-order valence-electron chi connectivity index (χ1n) is 3.84. The van der Waals surface area contributed by atoms with Gasteiger partial charge in [0, 0.05) is 17.0 Å². The van der Waals surface area contributed by atoms with E-state index >= 15 is 0 Å². The molecule has 0 amide bonds. The highest BCUT2D eigenvalue weighted by molar-refractivity contribution is 7.85. The third-order valence-electron chi connectivity index (χ3n) is 1.57. The van der Waals surface area contributed by atoms with Crippen LogP contribution in [0.15, 0.2) is 29.2 Å². The van der Waals surface area contributed by atoms with Crippen LogP contribution in [0.1, 0.15) is 0 Å². The summed E-state index contributed by atoms with van der Waals surface area (Å²) in [6, 6.07) is 5.27. The Balaban J connectivity index is 2.83. The summed E-state index contributed by atoms with van der Waals surface area (Å²) in [5, 5.41) is 10.3. The van der Waals surface area contributed by atoms with Gasteiger partial charge in [-0.15, -0.1) is 0 Å². The van der Waals surface area contributed by atoms with Crippen LogP contribution in [0.4, 0.5) is 10.1 Å². The second-order valence-corrected chi connectivity index (χ2v) is 4.06. The molecule has 0 heterocycles. The molecule has 14 heavy (non-hydrogen) atoms. The molecule has 76 valence electrons. The molecule has 6 heteroatoms. The van der Waals surface area contributed by atoms with Crippen molar-refractivity contribution in [2.75, 3.05) is 12.4 Å². The van der Waals surface area contributed by atoms with Gasteiger partial charge in [0.25, 0.3) is 5.69 Å². The van der Waals surface area contributed by atoms with E-state index in [2.05, 4.69) is 0 Å². The van der Waals surface area contributed by atoms with Crippen molar-refractivity contribution in [1.82, 2.24) is 0 Å². The lowest BCUT2D eigenvalue weighted by atomic mass is 10.3. The summed E-state index contributed by atoms with van der Waals surface area (Å²) >= 11 is 0. The maximum Gasteiger partial charge on any atom is 0.269 e. The van der Waals surface area contributed by atoms with Crippen molar-refractivity contribution >= 4 is 16.5 Å². The fourth-order valence-electron chi connectivity index (χ4n) is 0.908. The predicted octanol–water partition coefficient (Wildman–Crippen LogP) is 1.67. The number of nitro benzene ring substituents is 1. The maximum absolute atomic E-state index is 11.8. The quantitative estimate of drug-likeness (QED) is 0.569. The molecule has 0 aliphatic carbocycles. The SMILES string of the molecule is O=[N+]([O-])c1ccc([S@](=O)CCF)cc1. The number of nitrogens with zero attached hydrogens (tertiary/aromatic N) is 1. The molecule has 0 saturated heterocycles. The minimum absolute atomic E-state index is 0.0639. The number of alkyl halides is 1. The van der Waals surface area contributed by atoms with Crippen molar-refractivity contribution < 1.29 is 13.5 Å². The molecular weight excluding hydrogens is 209 g/mol. The van der Waals surface area contributed by atoms with Crippen LogP contribution in [-0.2, 0) is 10.8 Å². The lowest BCUT2D eigenvalue weighted by molar-refractivity contribution is -0.384. The molecule has 1 atom stereocenters. The third kappa shape index (κ3) is 2.59. The Kier molecular flexibility index (Phi) is 3.70. The molecule has 0 bridgehead atoms. The fourth-order valence-corrected chi connectivity index (χ4v) is 1.72. The van der Waals surface area contributed by atoms with Crippen LogP contribution in [0.3, 0.4) is 0 Å². The van der Waals surface area contributed by atoms with E-state index in [0.717, 1.165) is 0 Å². The molecule has 1 aromatic carbocycles. The molecule has 4 nitrogen and oxygen atoms in total. The van der Waals surface area contributed by atoms with Crippen LogP contribution in [0.25, 0.3) is 0 Å². The summed E-state index contributed by atoms with van der Waals surface area (Å²) < 4.78 is 23.1. The smallest absolute Gasteiger partial charge is 0.258 e. The summed E-state index contributed by atoms with van der Waals surface area (Å²) in [5.74, 6) is -0.0716. The molecule has 0 aliphatic rings. The Morgan fingerprint density at radius 2 is 1.93 bits per heavy atom. The molecule has 0 spiro atoms. The van der Waals surface area contributed by atoms with E-state index in [9.17, 15) is 18.7 Å². The van der Waals surface area contributed by atoms with Gasteiger partial charge >= 0.3 is 0 Å². The van der Waals surface area contributed by atoms with Gasteiger partial charge < -0.3 is 0 Å². The fraction of sp³-hybridized carbons (Fsp3) is 0.250. The Morgan fingerprint density at radius 3 is 2.36 bits per heavy atom. The molecule has 1 aromatic rings. The summed E-state index contributed by atoms with van der Waals surface area (Å²) in [7, 11) is -1.40. The molecular formula is C8H8FNO3S. The van der Waals surface area contributed by atoms with Gasteiger partial charge in [0.1, 0.15) is 6.67 Å². The molecule has 0 aliphatic heterocycles. The Morgan fingerprint density at radius 1 is 1.36 bits per heavy atom. The first kappa shape index (κ1) is 10.8. The van der Waals surface area contributed by atoms with Gasteiger partial charge in [0.05, 0.1) is 21.5 Å². The van der Waals surface area contributed by atoms with Gasteiger partial charge in [0.2, 0.25) is 0 Å². The summed E-state index contributed by atoms with van der Waals surface area (Å²) in [6.07, 6.45) is 0. The highest BCUT2D eigenvalue weighted by atomic mass is 32.2. The van der Waals surface area contributed by atoms with Gasteiger partial charge in [-0.1, -0.05) is 0 Å². The van der Waals surface area contributed by atoms with Gasteiger partial charge in [-0.25, -0.2) is 0 Å². The van der Waals surface area contributed by atoms with Crippen LogP contribution in [0.2, 0.25) is 0 Å². The summed E-state index contributed by atoms with van der Waals surface area (Å²) in [4.78, 5) is 10.1.